The molecule has 0 saturated carbocycles. The number of ether oxygens (including phenoxy) is 1. The molecule has 0 amide bonds. The molecule has 1 aromatic carbocycles. The van der Waals surface area contributed by atoms with E-state index in [1.165, 1.54) is 6.08 Å². The highest BCUT2D eigenvalue weighted by atomic mass is 16.6. The second-order valence-corrected chi connectivity index (χ2v) is 6.74. The molecule has 0 N–H and O–H groups in total. The first-order valence-electron chi connectivity index (χ1n) is 9.45. The third-order valence-corrected chi connectivity index (χ3v) is 4.85. The topological polar surface area (TPSA) is 105 Å². The highest BCUT2D eigenvalue weighted by Gasteiger charge is 2.22. The van der Waals surface area contributed by atoms with Gasteiger partial charge in [-0.25, -0.2) is 0 Å². The monoisotopic (exact) mass is 409 g/mol. The Balaban J connectivity index is 1.88. The molecule has 3 rings (SSSR count). The van der Waals surface area contributed by atoms with Crippen molar-refractivity contribution in [2.24, 2.45) is 0 Å². The maximum absolute atomic E-state index is 12.5. The van der Waals surface area contributed by atoms with Crippen LogP contribution >= 0.6 is 0 Å². The van der Waals surface area contributed by atoms with Crippen molar-refractivity contribution in [2.75, 3.05) is 7.11 Å². The van der Waals surface area contributed by atoms with Gasteiger partial charge in [-0.1, -0.05) is 12.1 Å². The zero-order chi connectivity index (χ0) is 21.8. The summed E-state index contributed by atoms with van der Waals surface area (Å²) in [6.45, 7) is 6.13. The number of rotatable bonds is 8. The van der Waals surface area contributed by atoms with Crippen molar-refractivity contribution in [3.63, 3.8) is 0 Å². The van der Waals surface area contributed by atoms with Gasteiger partial charge < -0.3 is 4.74 Å². The van der Waals surface area contributed by atoms with Crippen molar-refractivity contribution in [1.82, 2.24) is 19.6 Å². The van der Waals surface area contributed by atoms with Crippen molar-refractivity contribution in [3.8, 4) is 5.75 Å². The van der Waals surface area contributed by atoms with Crippen LogP contribution in [0.2, 0.25) is 0 Å². The van der Waals surface area contributed by atoms with Gasteiger partial charge in [0.1, 0.15) is 22.8 Å². The van der Waals surface area contributed by atoms with Gasteiger partial charge in [0.05, 0.1) is 18.6 Å². The molecule has 9 nitrogen and oxygen atoms in total. The third kappa shape index (κ3) is 4.14. The van der Waals surface area contributed by atoms with Gasteiger partial charge in [-0.05, 0) is 50.6 Å². The van der Waals surface area contributed by atoms with Crippen molar-refractivity contribution in [2.45, 2.75) is 33.9 Å². The molecule has 156 valence electrons. The van der Waals surface area contributed by atoms with Crippen molar-refractivity contribution >= 4 is 17.5 Å². The number of aryl methyl sites for hydroxylation is 2. The Morgan fingerprint density at radius 1 is 1.27 bits per heavy atom. The SMILES string of the molecule is CCn1nccc1C(=O)/C=C/c1ccc(OC)c(Cn2nc(C)c([N+](=O)[O-])c2C)c1. The summed E-state index contributed by atoms with van der Waals surface area (Å²) in [4.78, 5) is 23.3. The quantitative estimate of drug-likeness (QED) is 0.244. The number of nitrogens with zero attached hydrogens (tertiary/aromatic N) is 5. The molecule has 2 heterocycles. The first-order valence-corrected chi connectivity index (χ1v) is 9.45. The fourth-order valence-corrected chi connectivity index (χ4v) is 3.34. The first-order chi connectivity index (χ1) is 14.3. The van der Waals surface area contributed by atoms with Gasteiger partial charge in [-0.3, -0.25) is 24.3 Å². The number of carbonyl (C=O) groups excluding carboxylic acids is 1. The van der Waals surface area contributed by atoms with Crippen LogP contribution < -0.4 is 4.74 Å². The standard InChI is InChI=1S/C21H23N5O4/c1-5-24-18(10-11-22-24)19(27)8-6-16-7-9-20(30-4)17(12-16)13-25-15(3)21(26(28)29)14(2)23-25/h6-12H,5,13H2,1-4H3/b8-6+. The average molecular weight is 409 g/mol. The van der Waals surface area contributed by atoms with Crippen molar-refractivity contribution < 1.29 is 14.5 Å². The van der Waals surface area contributed by atoms with Gasteiger partial charge in [-0.15, -0.1) is 0 Å². The van der Waals surface area contributed by atoms with Gasteiger partial charge in [0.2, 0.25) is 5.78 Å². The van der Waals surface area contributed by atoms with Crippen LogP contribution in [0.5, 0.6) is 5.75 Å². The second-order valence-electron chi connectivity index (χ2n) is 6.74. The van der Waals surface area contributed by atoms with E-state index in [0.717, 1.165) is 11.1 Å². The molecule has 0 aliphatic carbocycles. The molecule has 9 heteroatoms. The van der Waals surface area contributed by atoms with Crippen molar-refractivity contribution in [3.05, 3.63) is 74.9 Å². The minimum atomic E-state index is -0.419. The fourth-order valence-electron chi connectivity index (χ4n) is 3.34. The molecule has 0 saturated heterocycles. The van der Waals surface area contributed by atoms with Gasteiger partial charge in [0.25, 0.3) is 0 Å². The Kier molecular flexibility index (Phi) is 6.10. The molecular formula is C21H23N5O4. The highest BCUT2D eigenvalue weighted by Crippen LogP contribution is 2.26. The maximum Gasteiger partial charge on any atom is 0.312 e. The lowest BCUT2D eigenvalue weighted by atomic mass is 10.1. The van der Waals surface area contributed by atoms with Crippen LogP contribution in [0, 0.1) is 24.0 Å². The summed E-state index contributed by atoms with van der Waals surface area (Å²) in [5, 5.41) is 19.7. The van der Waals surface area contributed by atoms with E-state index in [9.17, 15) is 14.9 Å². The molecular weight excluding hydrogens is 386 g/mol. The third-order valence-electron chi connectivity index (χ3n) is 4.85. The normalized spacial score (nSPS) is 11.2. The van der Waals surface area contributed by atoms with Crippen LogP contribution in [0.4, 0.5) is 5.69 Å². The smallest absolute Gasteiger partial charge is 0.312 e. The number of benzene rings is 1. The minimum Gasteiger partial charge on any atom is -0.496 e. The zero-order valence-corrected chi connectivity index (χ0v) is 17.3. The molecule has 0 aliphatic heterocycles. The molecule has 0 spiro atoms. The second kappa shape index (κ2) is 8.73. The number of carbonyl (C=O) groups is 1. The summed E-state index contributed by atoms with van der Waals surface area (Å²) in [5.41, 5.74) is 2.98. The molecule has 0 unspecified atom stereocenters. The highest BCUT2D eigenvalue weighted by molar-refractivity contribution is 6.05. The Morgan fingerprint density at radius 3 is 2.67 bits per heavy atom. The van der Waals surface area contributed by atoms with E-state index in [1.54, 1.807) is 54.7 Å². The van der Waals surface area contributed by atoms with Gasteiger partial charge in [-0.2, -0.15) is 10.2 Å². The fraction of sp³-hybridized carbons (Fsp3) is 0.286. The number of nitro groups is 1. The van der Waals surface area contributed by atoms with E-state index in [1.807, 2.05) is 19.1 Å². The van der Waals surface area contributed by atoms with Crippen LogP contribution in [0.3, 0.4) is 0 Å². The van der Waals surface area contributed by atoms with Crippen molar-refractivity contribution in [1.29, 1.82) is 0 Å². The Morgan fingerprint density at radius 2 is 2.03 bits per heavy atom. The lowest BCUT2D eigenvalue weighted by Crippen LogP contribution is -2.07. The summed E-state index contributed by atoms with van der Waals surface area (Å²) in [6, 6.07) is 7.20. The number of methoxy groups -OCH3 is 1. The van der Waals surface area contributed by atoms with E-state index in [4.69, 9.17) is 4.74 Å². The van der Waals surface area contributed by atoms with Crippen LogP contribution in [0.1, 0.15) is 39.9 Å². The summed E-state index contributed by atoms with van der Waals surface area (Å²) >= 11 is 0. The number of ketones is 1. The van der Waals surface area contributed by atoms with Gasteiger partial charge >= 0.3 is 5.69 Å². The Hall–Kier alpha value is -3.75. The molecule has 0 bridgehead atoms. The zero-order valence-electron chi connectivity index (χ0n) is 17.3. The Labute approximate surface area is 173 Å². The number of hydrogen-bond donors (Lipinski definition) is 0. The van der Waals surface area contributed by atoms with Crippen LogP contribution in [-0.4, -0.2) is 37.4 Å². The van der Waals surface area contributed by atoms with Crippen LogP contribution in [0.15, 0.2) is 36.5 Å². The largest absolute Gasteiger partial charge is 0.496 e. The molecule has 0 aliphatic rings. The average Bonchev–Trinajstić information content (AvgIpc) is 3.30. The predicted molar refractivity (Wildman–Crippen MR) is 112 cm³/mol. The van der Waals surface area contributed by atoms with Crippen LogP contribution in [-0.2, 0) is 13.1 Å². The molecule has 0 fully saturated rings. The van der Waals surface area contributed by atoms with E-state index < -0.39 is 4.92 Å². The number of aromatic nitrogens is 4. The van der Waals surface area contributed by atoms with E-state index in [-0.39, 0.29) is 11.5 Å². The van der Waals surface area contributed by atoms with E-state index >= 15 is 0 Å². The molecule has 30 heavy (non-hydrogen) atoms. The van der Waals surface area contributed by atoms with Crippen LogP contribution in [0.25, 0.3) is 6.08 Å². The first kappa shape index (κ1) is 21.0. The van der Waals surface area contributed by atoms with Gasteiger partial charge in [0, 0.05) is 18.3 Å². The Bertz CT molecular complexity index is 1130. The summed E-state index contributed by atoms with van der Waals surface area (Å²) in [5.74, 6) is 0.499. The number of hydrogen-bond acceptors (Lipinski definition) is 6. The van der Waals surface area contributed by atoms with E-state index in [0.29, 0.717) is 35.9 Å². The summed E-state index contributed by atoms with van der Waals surface area (Å²) in [6.07, 6.45) is 4.83. The lowest BCUT2D eigenvalue weighted by Gasteiger charge is -2.11. The summed E-state index contributed by atoms with van der Waals surface area (Å²) in [7, 11) is 1.56. The molecule has 3 aromatic rings. The van der Waals surface area contributed by atoms with E-state index in [2.05, 4.69) is 10.2 Å². The molecule has 0 atom stereocenters. The minimum absolute atomic E-state index is 0.0168. The van der Waals surface area contributed by atoms with Gasteiger partial charge in [0.15, 0.2) is 0 Å². The number of allylic oxidation sites excluding steroid dienone is 1. The predicted octanol–water partition coefficient (Wildman–Crippen LogP) is 3.58. The summed E-state index contributed by atoms with van der Waals surface area (Å²) < 4.78 is 8.66. The molecule has 2 aromatic heterocycles. The maximum atomic E-state index is 12.5. The molecule has 0 radical (unpaired) electrons. The lowest BCUT2D eigenvalue weighted by molar-refractivity contribution is -0.386.